The Balaban J connectivity index is 1.43. The van der Waals surface area contributed by atoms with E-state index < -0.39 is 0 Å². The number of nitrogens with one attached hydrogen (secondary N) is 1. The summed E-state index contributed by atoms with van der Waals surface area (Å²) in [4.78, 5) is 7.27. The van der Waals surface area contributed by atoms with Gasteiger partial charge in [0.1, 0.15) is 5.75 Å². The third-order valence-electron chi connectivity index (χ3n) is 5.90. The van der Waals surface area contributed by atoms with E-state index in [1.54, 1.807) is 0 Å². The molecule has 0 bridgehead atoms. The van der Waals surface area contributed by atoms with E-state index in [-0.39, 0.29) is 0 Å². The summed E-state index contributed by atoms with van der Waals surface area (Å²) in [6.45, 7) is 10.3. The summed E-state index contributed by atoms with van der Waals surface area (Å²) in [5.74, 6) is 1.98. The lowest BCUT2D eigenvalue weighted by molar-refractivity contribution is -0.0721. The van der Waals surface area contributed by atoms with E-state index in [1.807, 2.05) is 6.07 Å². The molecule has 1 N–H and O–H groups in total. The third-order valence-corrected chi connectivity index (χ3v) is 5.90. The molecule has 1 atom stereocenters. The zero-order valence-corrected chi connectivity index (χ0v) is 19.5. The molecular formula is C25H41N3O3. The average Bonchev–Trinajstić information content (AvgIpc) is 2.82. The highest BCUT2D eigenvalue weighted by molar-refractivity contribution is 5.80. The highest BCUT2D eigenvalue weighted by Crippen LogP contribution is 2.18. The maximum absolute atomic E-state index is 6.16. The molecule has 2 fully saturated rings. The maximum atomic E-state index is 6.16. The molecule has 6 heteroatoms. The Bertz CT molecular complexity index is 653. The quantitative estimate of drug-likeness (QED) is 0.448. The molecule has 2 saturated heterocycles. The SMILES string of the molecule is CCCOc1cccc(CCN=C(NCC)N2CCC(OCC3CCCCO3)CC2)c1. The Kier molecular flexibility index (Phi) is 10.5. The second-order valence-electron chi connectivity index (χ2n) is 8.49. The molecule has 0 aromatic heterocycles. The molecule has 0 aliphatic carbocycles. The molecule has 1 unspecified atom stereocenters. The Labute approximate surface area is 188 Å². The first kappa shape index (κ1) is 23.9. The van der Waals surface area contributed by atoms with E-state index in [1.165, 1.54) is 18.4 Å². The Hall–Kier alpha value is -1.79. The van der Waals surface area contributed by atoms with Gasteiger partial charge in [-0.1, -0.05) is 19.1 Å². The zero-order valence-electron chi connectivity index (χ0n) is 19.5. The number of piperidine rings is 1. The van der Waals surface area contributed by atoms with Gasteiger partial charge in [0.15, 0.2) is 5.96 Å². The van der Waals surface area contributed by atoms with Crippen LogP contribution in [-0.2, 0) is 15.9 Å². The minimum absolute atomic E-state index is 0.302. The fourth-order valence-corrected chi connectivity index (χ4v) is 4.14. The number of guanidine groups is 1. The second-order valence-corrected chi connectivity index (χ2v) is 8.49. The summed E-state index contributed by atoms with van der Waals surface area (Å²) in [6.07, 6.45) is 8.29. The van der Waals surface area contributed by atoms with Gasteiger partial charge in [0.2, 0.25) is 0 Å². The third kappa shape index (κ3) is 8.34. The number of benzene rings is 1. The van der Waals surface area contributed by atoms with Crippen LogP contribution in [0, 0.1) is 0 Å². The first-order chi connectivity index (χ1) is 15.3. The van der Waals surface area contributed by atoms with Gasteiger partial charge in [0, 0.05) is 32.8 Å². The van der Waals surface area contributed by atoms with Gasteiger partial charge in [0.05, 0.1) is 25.4 Å². The van der Waals surface area contributed by atoms with Gasteiger partial charge in [-0.25, -0.2) is 0 Å². The van der Waals surface area contributed by atoms with E-state index in [4.69, 9.17) is 19.2 Å². The van der Waals surface area contributed by atoms with Crippen molar-refractivity contribution in [2.45, 2.75) is 71.0 Å². The fourth-order valence-electron chi connectivity index (χ4n) is 4.14. The van der Waals surface area contributed by atoms with Crippen molar-refractivity contribution >= 4 is 5.96 Å². The highest BCUT2D eigenvalue weighted by Gasteiger charge is 2.23. The van der Waals surface area contributed by atoms with Crippen LogP contribution in [0.4, 0.5) is 0 Å². The summed E-state index contributed by atoms with van der Waals surface area (Å²) in [5.41, 5.74) is 1.27. The zero-order chi connectivity index (χ0) is 21.7. The van der Waals surface area contributed by atoms with Crippen LogP contribution in [0.2, 0.25) is 0 Å². The molecule has 2 aliphatic heterocycles. The molecule has 1 aromatic rings. The number of rotatable bonds is 10. The normalized spacial score (nSPS) is 20.6. The van der Waals surface area contributed by atoms with Gasteiger partial charge in [-0.15, -0.1) is 0 Å². The Morgan fingerprint density at radius 1 is 1.19 bits per heavy atom. The van der Waals surface area contributed by atoms with Crippen molar-refractivity contribution in [3.05, 3.63) is 29.8 Å². The number of aliphatic imine (C=N–C) groups is 1. The summed E-state index contributed by atoms with van der Waals surface area (Å²) in [6, 6.07) is 8.38. The number of hydrogen-bond acceptors (Lipinski definition) is 4. The van der Waals surface area contributed by atoms with E-state index >= 15 is 0 Å². The largest absolute Gasteiger partial charge is 0.494 e. The van der Waals surface area contributed by atoms with E-state index in [0.717, 1.165) is 89.8 Å². The second kappa shape index (κ2) is 13.6. The molecule has 3 rings (SSSR count). The number of ether oxygens (including phenoxy) is 3. The maximum Gasteiger partial charge on any atom is 0.193 e. The van der Waals surface area contributed by atoms with Crippen LogP contribution in [0.3, 0.4) is 0 Å². The average molecular weight is 432 g/mol. The van der Waals surface area contributed by atoms with Crippen molar-refractivity contribution < 1.29 is 14.2 Å². The smallest absolute Gasteiger partial charge is 0.193 e. The van der Waals surface area contributed by atoms with Gasteiger partial charge in [-0.2, -0.15) is 0 Å². The minimum atomic E-state index is 0.302. The molecule has 0 spiro atoms. The number of nitrogens with zero attached hydrogens (tertiary/aromatic N) is 2. The monoisotopic (exact) mass is 431 g/mol. The lowest BCUT2D eigenvalue weighted by atomic mass is 10.1. The van der Waals surface area contributed by atoms with Gasteiger partial charge in [-0.3, -0.25) is 4.99 Å². The highest BCUT2D eigenvalue weighted by atomic mass is 16.5. The van der Waals surface area contributed by atoms with Crippen molar-refractivity contribution in [1.29, 1.82) is 0 Å². The number of hydrogen-bond donors (Lipinski definition) is 1. The Morgan fingerprint density at radius 3 is 2.81 bits per heavy atom. The summed E-state index contributed by atoms with van der Waals surface area (Å²) in [7, 11) is 0. The molecule has 2 aliphatic rings. The van der Waals surface area contributed by atoms with Crippen molar-refractivity contribution in [2.24, 2.45) is 4.99 Å². The van der Waals surface area contributed by atoms with Gasteiger partial charge >= 0.3 is 0 Å². The molecule has 6 nitrogen and oxygen atoms in total. The summed E-state index contributed by atoms with van der Waals surface area (Å²) >= 11 is 0. The molecule has 31 heavy (non-hydrogen) atoms. The minimum Gasteiger partial charge on any atom is -0.494 e. The van der Waals surface area contributed by atoms with Gasteiger partial charge in [0.25, 0.3) is 0 Å². The van der Waals surface area contributed by atoms with E-state index in [9.17, 15) is 0 Å². The molecule has 2 heterocycles. The van der Waals surface area contributed by atoms with Crippen molar-refractivity contribution in [2.75, 3.05) is 46.0 Å². The lowest BCUT2D eigenvalue weighted by Gasteiger charge is -2.35. The van der Waals surface area contributed by atoms with Gasteiger partial charge in [-0.05, 0) is 69.6 Å². The van der Waals surface area contributed by atoms with E-state index in [0.29, 0.717) is 12.2 Å². The van der Waals surface area contributed by atoms with Crippen LogP contribution >= 0.6 is 0 Å². The summed E-state index contributed by atoms with van der Waals surface area (Å²) < 4.78 is 17.7. The van der Waals surface area contributed by atoms with Crippen LogP contribution in [0.5, 0.6) is 5.75 Å². The molecule has 1 aromatic carbocycles. The molecular weight excluding hydrogens is 390 g/mol. The predicted molar refractivity (Wildman–Crippen MR) is 126 cm³/mol. The van der Waals surface area contributed by atoms with Crippen molar-refractivity contribution in [3.63, 3.8) is 0 Å². The van der Waals surface area contributed by atoms with Crippen LogP contribution in [0.25, 0.3) is 0 Å². The topological polar surface area (TPSA) is 55.3 Å². The van der Waals surface area contributed by atoms with Gasteiger partial charge < -0.3 is 24.4 Å². The van der Waals surface area contributed by atoms with E-state index in [2.05, 4.69) is 42.3 Å². The standard InChI is InChI=1S/C25H41N3O3/c1-3-17-29-23-10-7-8-21(19-23)11-14-27-25(26-4-2)28-15-12-22(13-16-28)31-20-24-9-5-6-18-30-24/h7-8,10,19,22,24H,3-6,9,11-18,20H2,1-2H3,(H,26,27). The number of likely N-dealkylation sites (tertiary alicyclic amines) is 1. The first-order valence-corrected chi connectivity index (χ1v) is 12.3. The first-order valence-electron chi connectivity index (χ1n) is 12.3. The lowest BCUT2D eigenvalue weighted by Crippen LogP contribution is -2.47. The molecule has 0 amide bonds. The van der Waals surface area contributed by atoms with Crippen LogP contribution in [-0.4, -0.2) is 69.1 Å². The van der Waals surface area contributed by atoms with Crippen LogP contribution in [0.1, 0.15) is 57.9 Å². The fraction of sp³-hybridized carbons (Fsp3) is 0.720. The van der Waals surface area contributed by atoms with Crippen molar-refractivity contribution in [1.82, 2.24) is 10.2 Å². The molecule has 0 saturated carbocycles. The predicted octanol–water partition coefficient (Wildman–Crippen LogP) is 4.03. The molecule has 0 radical (unpaired) electrons. The van der Waals surface area contributed by atoms with Crippen LogP contribution < -0.4 is 10.1 Å². The Morgan fingerprint density at radius 2 is 2.06 bits per heavy atom. The van der Waals surface area contributed by atoms with Crippen molar-refractivity contribution in [3.8, 4) is 5.75 Å². The summed E-state index contributed by atoms with van der Waals surface area (Å²) in [5, 5.41) is 3.47. The van der Waals surface area contributed by atoms with Crippen LogP contribution in [0.15, 0.2) is 29.3 Å². The molecule has 174 valence electrons.